The lowest BCUT2D eigenvalue weighted by molar-refractivity contribution is -0.142. The number of carboxylic acid groups (broad SMARTS) is 1. The third-order valence-corrected chi connectivity index (χ3v) is 11.2. The average Bonchev–Trinajstić information content (AvgIpc) is 3.23. The van der Waals surface area contributed by atoms with Gasteiger partial charge in [0.25, 0.3) is 0 Å². The number of aliphatic hydroxyl groups is 2. The molecule has 0 unspecified atom stereocenters. The van der Waals surface area contributed by atoms with Crippen molar-refractivity contribution >= 4 is 65.0 Å². The van der Waals surface area contributed by atoms with Crippen molar-refractivity contribution in [3.8, 4) is 0 Å². The minimum atomic E-state index is -1.62. The van der Waals surface area contributed by atoms with Gasteiger partial charge in [0.1, 0.15) is 42.3 Å². The van der Waals surface area contributed by atoms with Crippen molar-refractivity contribution < 1.29 is 58.5 Å². The van der Waals surface area contributed by atoms with Gasteiger partial charge in [0.15, 0.2) is 0 Å². The summed E-state index contributed by atoms with van der Waals surface area (Å²) in [5.41, 5.74) is 11.6. The second kappa shape index (κ2) is 31.4. The number of thioether (sulfide) groups is 1. The Morgan fingerprint density at radius 2 is 1.09 bits per heavy atom. The summed E-state index contributed by atoms with van der Waals surface area (Å²) in [4.78, 5) is 118. The summed E-state index contributed by atoms with van der Waals surface area (Å²) in [6.45, 7) is 13.8. The first kappa shape index (κ1) is 60.4. The van der Waals surface area contributed by atoms with Crippen LogP contribution in [0.5, 0.6) is 0 Å². The summed E-state index contributed by atoms with van der Waals surface area (Å²) < 4.78 is 0. The van der Waals surface area contributed by atoms with Crippen molar-refractivity contribution in [1.29, 1.82) is 0 Å². The fourth-order valence-electron chi connectivity index (χ4n) is 6.21. The van der Waals surface area contributed by atoms with Gasteiger partial charge in [-0.25, -0.2) is 4.79 Å². The van der Waals surface area contributed by atoms with Crippen LogP contribution < -0.4 is 54.0 Å². The van der Waals surface area contributed by atoms with Gasteiger partial charge in [-0.1, -0.05) is 61.8 Å². The van der Waals surface area contributed by atoms with Crippen LogP contribution in [0.1, 0.15) is 101 Å². The molecule has 0 rings (SSSR count). The van der Waals surface area contributed by atoms with E-state index in [1.54, 1.807) is 40.9 Å². The van der Waals surface area contributed by atoms with Crippen LogP contribution in [0.4, 0.5) is 0 Å². The van der Waals surface area contributed by atoms with E-state index < -0.39 is 133 Å². The fraction of sp³-hybridized carbons (Fsp3) is 0.786. The number of carbonyl (C=O) groups excluding carboxylic acids is 8. The summed E-state index contributed by atoms with van der Waals surface area (Å²) >= 11 is 1.39. The van der Waals surface area contributed by atoms with E-state index in [4.69, 9.17) is 11.5 Å². The van der Waals surface area contributed by atoms with Gasteiger partial charge < -0.3 is 69.3 Å². The predicted molar refractivity (Wildman–Crippen MR) is 245 cm³/mol. The highest BCUT2D eigenvalue weighted by atomic mass is 32.2. The number of carbonyl (C=O) groups is 9. The molecule has 0 bridgehead atoms. The zero-order valence-corrected chi connectivity index (χ0v) is 40.5. The zero-order chi connectivity index (χ0) is 50.1. The highest BCUT2D eigenvalue weighted by Crippen LogP contribution is 2.12. The molecule has 22 nitrogen and oxygen atoms in total. The van der Waals surface area contributed by atoms with Crippen molar-refractivity contribution in [1.82, 2.24) is 42.5 Å². The summed E-state index contributed by atoms with van der Waals surface area (Å²) in [5, 5.41) is 50.0. The van der Waals surface area contributed by atoms with Crippen LogP contribution in [0, 0.1) is 23.7 Å². The van der Waals surface area contributed by atoms with Gasteiger partial charge in [0.05, 0.1) is 25.3 Å². The molecule has 0 aliphatic heterocycles. The Hall–Kier alpha value is -4.58. The molecule has 0 radical (unpaired) electrons. The van der Waals surface area contributed by atoms with E-state index in [1.807, 2.05) is 20.8 Å². The Bertz CT molecular complexity index is 1570. The maximum atomic E-state index is 13.7. The van der Waals surface area contributed by atoms with Crippen molar-refractivity contribution in [2.75, 3.05) is 31.7 Å². The predicted octanol–water partition coefficient (Wildman–Crippen LogP) is -2.43. The molecule has 0 aliphatic carbocycles. The first-order chi connectivity index (χ1) is 30.4. The van der Waals surface area contributed by atoms with E-state index in [2.05, 4.69) is 42.5 Å². The van der Waals surface area contributed by atoms with Crippen LogP contribution in [0.25, 0.3) is 0 Å². The first-order valence-corrected chi connectivity index (χ1v) is 23.6. The summed E-state index contributed by atoms with van der Waals surface area (Å²) in [7, 11) is 0. The third-order valence-electron chi connectivity index (χ3n) is 10.5. The van der Waals surface area contributed by atoms with E-state index in [9.17, 15) is 58.5 Å². The van der Waals surface area contributed by atoms with Gasteiger partial charge in [-0.05, 0) is 81.3 Å². The van der Waals surface area contributed by atoms with Crippen molar-refractivity contribution in [2.45, 2.75) is 155 Å². The molecule has 0 saturated heterocycles. The number of nitrogens with two attached hydrogens (primary N) is 2. The van der Waals surface area contributed by atoms with Gasteiger partial charge in [-0.3, -0.25) is 38.4 Å². The van der Waals surface area contributed by atoms with Crippen molar-refractivity contribution in [2.24, 2.45) is 35.1 Å². The van der Waals surface area contributed by atoms with E-state index in [1.165, 1.54) is 18.7 Å². The standard InChI is InChI=1S/C42H78N10O12S/c1-11-24(8)31(44)38(59)48-28(18-21(2)3)37(58)49-29(20-53)35(56)45-19-30(55)50-32(22(4)5)39(60)51-33(23(6)7)40(61)52-34(25(9)54)41(62)46-26(14-12-13-16-43)36(57)47-27(42(63)64)15-17-65-10/h21-29,31-34,53-54H,11-20,43-44H2,1-10H3,(H,45,56)(H,46,62)(H,47,57)(H,48,59)(H,49,58)(H,50,55)(H,51,60)(H,52,61)(H,63,64)/t24-,25+,26-,27-,28-,29-,31-,32-,33-,34-/m0/s1. The van der Waals surface area contributed by atoms with Crippen LogP contribution in [0.2, 0.25) is 0 Å². The van der Waals surface area contributed by atoms with Crippen LogP contribution in [-0.2, 0) is 43.2 Å². The summed E-state index contributed by atoms with van der Waals surface area (Å²) in [5.74, 6) is -8.65. The molecule has 23 heteroatoms. The van der Waals surface area contributed by atoms with Gasteiger partial charge >= 0.3 is 5.97 Å². The molecule has 65 heavy (non-hydrogen) atoms. The van der Waals surface area contributed by atoms with Gasteiger partial charge in [-0.15, -0.1) is 0 Å². The summed E-state index contributed by atoms with van der Waals surface area (Å²) in [6.07, 6.45) is 2.21. The lowest BCUT2D eigenvalue weighted by Crippen LogP contribution is -2.62. The molecular weight excluding hydrogens is 869 g/mol. The van der Waals surface area contributed by atoms with E-state index in [-0.39, 0.29) is 31.1 Å². The Balaban J connectivity index is 5.89. The highest BCUT2D eigenvalue weighted by Gasteiger charge is 2.36. The van der Waals surface area contributed by atoms with E-state index in [0.717, 1.165) is 0 Å². The summed E-state index contributed by atoms with van der Waals surface area (Å²) in [6, 6.07) is -10.1. The van der Waals surface area contributed by atoms with Crippen molar-refractivity contribution in [3.05, 3.63) is 0 Å². The van der Waals surface area contributed by atoms with Crippen molar-refractivity contribution in [3.63, 3.8) is 0 Å². The molecule has 0 aromatic rings. The number of rotatable bonds is 32. The number of hydrogen-bond donors (Lipinski definition) is 13. The lowest BCUT2D eigenvalue weighted by atomic mass is 9.97. The lowest BCUT2D eigenvalue weighted by Gasteiger charge is -2.30. The Morgan fingerprint density at radius 1 is 0.600 bits per heavy atom. The van der Waals surface area contributed by atoms with Crippen LogP contribution in [0.15, 0.2) is 0 Å². The second-order valence-electron chi connectivity index (χ2n) is 17.3. The molecule has 8 amide bonds. The molecule has 0 aliphatic rings. The second-order valence-corrected chi connectivity index (χ2v) is 18.3. The van der Waals surface area contributed by atoms with Crippen LogP contribution in [0.3, 0.4) is 0 Å². The number of amides is 8. The normalized spacial score (nSPS) is 16.0. The Morgan fingerprint density at radius 3 is 1.57 bits per heavy atom. The molecular formula is C42H78N10O12S. The fourth-order valence-corrected chi connectivity index (χ4v) is 6.69. The SMILES string of the molecule is CC[C@H](C)[C@H](N)C(=O)N[C@@H](CC(C)C)C(=O)N[C@@H](CO)C(=O)NCC(=O)N[C@H](C(=O)N[C@H](C(=O)N[C@H](C(=O)N[C@@H](CCCCN)C(=O)N[C@@H](CCSC)C(=O)O)[C@@H](C)O)C(C)C)C(C)C. The van der Waals surface area contributed by atoms with Gasteiger partial charge in [-0.2, -0.15) is 11.8 Å². The molecule has 374 valence electrons. The molecule has 0 heterocycles. The number of hydrogen-bond acceptors (Lipinski definition) is 14. The molecule has 10 atom stereocenters. The highest BCUT2D eigenvalue weighted by molar-refractivity contribution is 7.98. The Kier molecular flexibility index (Phi) is 29.1. The van der Waals surface area contributed by atoms with Crippen LogP contribution in [-0.4, -0.2) is 155 Å². The zero-order valence-electron chi connectivity index (χ0n) is 39.7. The monoisotopic (exact) mass is 947 g/mol. The number of aliphatic carboxylic acids is 1. The number of nitrogens with one attached hydrogen (secondary N) is 8. The molecule has 0 aromatic heterocycles. The molecule has 0 spiro atoms. The quantitative estimate of drug-likeness (QED) is 0.0312. The largest absolute Gasteiger partial charge is 0.480 e. The maximum absolute atomic E-state index is 13.7. The van der Waals surface area contributed by atoms with E-state index in [0.29, 0.717) is 31.6 Å². The van der Waals surface area contributed by atoms with Gasteiger partial charge in [0, 0.05) is 0 Å². The smallest absolute Gasteiger partial charge is 0.326 e. The molecule has 0 saturated carbocycles. The number of carboxylic acids is 1. The van der Waals surface area contributed by atoms with Gasteiger partial charge in [0.2, 0.25) is 47.3 Å². The topological polar surface area (TPSA) is 363 Å². The average molecular weight is 947 g/mol. The molecule has 15 N–H and O–H groups in total. The minimum Gasteiger partial charge on any atom is -0.480 e. The number of unbranched alkanes of at least 4 members (excludes halogenated alkanes) is 1. The maximum Gasteiger partial charge on any atom is 0.326 e. The van der Waals surface area contributed by atoms with Crippen LogP contribution >= 0.6 is 11.8 Å². The Labute approximate surface area is 387 Å². The number of aliphatic hydroxyl groups excluding tert-OH is 2. The third kappa shape index (κ3) is 22.4. The first-order valence-electron chi connectivity index (χ1n) is 22.2. The van der Waals surface area contributed by atoms with E-state index >= 15 is 0 Å². The minimum absolute atomic E-state index is 0.0481. The molecule has 0 aromatic carbocycles. The molecule has 0 fully saturated rings.